The standard InChI is InChI=1S/C15H9N3O2/c16-9-12-8-14(18-13(12)2-1-7-17-18)10-3-5-11(6-4-10)15(19)20/h1-8H,(H,19,20). The second kappa shape index (κ2) is 4.52. The first-order valence-electron chi connectivity index (χ1n) is 5.91. The summed E-state index contributed by atoms with van der Waals surface area (Å²) in [7, 11) is 0. The summed E-state index contributed by atoms with van der Waals surface area (Å²) in [5.41, 5.74) is 3.06. The molecule has 5 nitrogen and oxygen atoms in total. The molecular formula is C15H9N3O2. The fourth-order valence-electron chi connectivity index (χ4n) is 2.12. The minimum absolute atomic E-state index is 0.225. The molecular weight excluding hydrogens is 254 g/mol. The molecule has 0 radical (unpaired) electrons. The number of hydrogen-bond acceptors (Lipinski definition) is 3. The molecule has 0 saturated heterocycles. The van der Waals surface area contributed by atoms with Gasteiger partial charge in [0.15, 0.2) is 0 Å². The van der Waals surface area contributed by atoms with Crippen LogP contribution in [-0.4, -0.2) is 20.7 Å². The molecule has 0 aliphatic rings. The molecule has 20 heavy (non-hydrogen) atoms. The summed E-state index contributed by atoms with van der Waals surface area (Å²) in [6.45, 7) is 0. The van der Waals surface area contributed by atoms with Gasteiger partial charge in [0.25, 0.3) is 0 Å². The highest BCUT2D eigenvalue weighted by Crippen LogP contribution is 2.25. The van der Waals surface area contributed by atoms with Gasteiger partial charge in [-0.25, -0.2) is 9.31 Å². The summed E-state index contributed by atoms with van der Waals surface area (Å²) in [5, 5.41) is 22.3. The van der Waals surface area contributed by atoms with E-state index in [2.05, 4.69) is 11.2 Å². The number of carbonyl (C=O) groups is 1. The van der Waals surface area contributed by atoms with Crippen LogP contribution in [0.1, 0.15) is 15.9 Å². The molecule has 2 aromatic heterocycles. The third kappa shape index (κ3) is 1.80. The first kappa shape index (κ1) is 11.9. The molecule has 0 spiro atoms. The van der Waals surface area contributed by atoms with Gasteiger partial charge in [-0.3, -0.25) is 0 Å². The van der Waals surface area contributed by atoms with Gasteiger partial charge < -0.3 is 5.11 Å². The number of aromatic nitrogens is 2. The van der Waals surface area contributed by atoms with Crippen LogP contribution in [0.2, 0.25) is 0 Å². The number of nitrogens with zero attached hydrogens (tertiary/aromatic N) is 3. The molecule has 2 heterocycles. The van der Waals surface area contributed by atoms with E-state index in [1.54, 1.807) is 35.0 Å². The van der Waals surface area contributed by atoms with Crippen molar-refractivity contribution in [3.8, 4) is 17.3 Å². The van der Waals surface area contributed by atoms with Gasteiger partial charge in [-0.1, -0.05) is 12.1 Å². The molecule has 0 aliphatic carbocycles. The van der Waals surface area contributed by atoms with E-state index in [9.17, 15) is 4.79 Å². The highest BCUT2D eigenvalue weighted by Gasteiger charge is 2.11. The molecule has 0 aliphatic heterocycles. The molecule has 96 valence electrons. The lowest BCUT2D eigenvalue weighted by Gasteiger charge is -2.02. The second-order valence-corrected chi connectivity index (χ2v) is 4.26. The Morgan fingerprint density at radius 1 is 1.25 bits per heavy atom. The maximum Gasteiger partial charge on any atom is 0.335 e. The molecule has 0 amide bonds. The first-order valence-corrected chi connectivity index (χ1v) is 5.91. The van der Waals surface area contributed by atoms with Gasteiger partial charge in [-0.15, -0.1) is 0 Å². The van der Waals surface area contributed by atoms with Crippen molar-refractivity contribution in [2.45, 2.75) is 0 Å². The van der Waals surface area contributed by atoms with Crippen molar-refractivity contribution >= 4 is 11.5 Å². The molecule has 1 N–H and O–H groups in total. The van der Waals surface area contributed by atoms with E-state index in [4.69, 9.17) is 10.4 Å². The highest BCUT2D eigenvalue weighted by atomic mass is 16.4. The fraction of sp³-hybridized carbons (Fsp3) is 0. The summed E-state index contributed by atoms with van der Waals surface area (Å²) < 4.78 is 1.67. The summed E-state index contributed by atoms with van der Waals surface area (Å²) in [5.74, 6) is -0.965. The minimum atomic E-state index is -0.965. The van der Waals surface area contributed by atoms with Gasteiger partial charge in [-0.05, 0) is 30.3 Å². The molecule has 0 atom stereocenters. The van der Waals surface area contributed by atoms with Gasteiger partial charge in [0.1, 0.15) is 6.07 Å². The molecule has 0 bridgehead atoms. The average Bonchev–Trinajstić information content (AvgIpc) is 2.86. The van der Waals surface area contributed by atoms with Gasteiger partial charge in [0.2, 0.25) is 0 Å². The largest absolute Gasteiger partial charge is 0.478 e. The molecule has 0 fully saturated rings. The molecule has 3 aromatic rings. The number of hydrogen-bond donors (Lipinski definition) is 1. The van der Waals surface area contributed by atoms with E-state index >= 15 is 0 Å². The number of benzene rings is 1. The van der Waals surface area contributed by atoms with E-state index in [0.717, 1.165) is 16.8 Å². The van der Waals surface area contributed by atoms with Crippen LogP contribution in [0, 0.1) is 11.3 Å². The summed E-state index contributed by atoms with van der Waals surface area (Å²) in [4.78, 5) is 10.9. The number of aromatic carboxylic acids is 1. The van der Waals surface area contributed by atoms with Crippen molar-refractivity contribution in [1.82, 2.24) is 9.61 Å². The lowest BCUT2D eigenvalue weighted by atomic mass is 10.1. The Morgan fingerprint density at radius 3 is 2.65 bits per heavy atom. The minimum Gasteiger partial charge on any atom is -0.478 e. The van der Waals surface area contributed by atoms with Crippen molar-refractivity contribution in [2.24, 2.45) is 0 Å². The van der Waals surface area contributed by atoms with Gasteiger partial charge in [0, 0.05) is 11.8 Å². The van der Waals surface area contributed by atoms with Gasteiger partial charge in [-0.2, -0.15) is 10.4 Å². The van der Waals surface area contributed by atoms with Crippen molar-refractivity contribution in [3.05, 3.63) is 59.8 Å². The average molecular weight is 263 g/mol. The molecule has 0 unspecified atom stereocenters. The topological polar surface area (TPSA) is 78.4 Å². The summed E-state index contributed by atoms with van der Waals surface area (Å²) >= 11 is 0. The van der Waals surface area contributed by atoms with Crippen molar-refractivity contribution in [1.29, 1.82) is 5.26 Å². The van der Waals surface area contributed by atoms with Crippen molar-refractivity contribution < 1.29 is 9.90 Å². The summed E-state index contributed by atoms with van der Waals surface area (Å²) in [6.07, 6.45) is 1.64. The first-order chi connectivity index (χ1) is 9.70. The van der Waals surface area contributed by atoms with E-state index in [1.807, 2.05) is 6.07 Å². The number of fused-ring (bicyclic) bond motifs is 1. The molecule has 3 rings (SSSR count). The predicted molar refractivity (Wildman–Crippen MR) is 72.3 cm³/mol. The third-order valence-electron chi connectivity index (χ3n) is 3.08. The molecule has 5 heteroatoms. The Balaban J connectivity index is 2.20. The Bertz CT molecular complexity index is 842. The Hall–Kier alpha value is -3.13. The van der Waals surface area contributed by atoms with Crippen molar-refractivity contribution in [2.75, 3.05) is 0 Å². The maximum absolute atomic E-state index is 10.9. The van der Waals surface area contributed by atoms with Crippen LogP contribution in [0.3, 0.4) is 0 Å². The zero-order valence-corrected chi connectivity index (χ0v) is 10.3. The van der Waals surface area contributed by atoms with Crippen LogP contribution < -0.4 is 0 Å². The number of carboxylic acid groups (broad SMARTS) is 1. The molecule has 1 aromatic carbocycles. The predicted octanol–water partition coefficient (Wildman–Crippen LogP) is 2.57. The maximum atomic E-state index is 10.9. The summed E-state index contributed by atoms with van der Waals surface area (Å²) in [6, 6.07) is 14.0. The second-order valence-electron chi connectivity index (χ2n) is 4.26. The highest BCUT2D eigenvalue weighted by molar-refractivity contribution is 5.88. The SMILES string of the molecule is N#Cc1cc(-c2ccc(C(=O)O)cc2)n2ncccc12. The Morgan fingerprint density at radius 2 is 2.00 bits per heavy atom. The zero-order valence-electron chi connectivity index (χ0n) is 10.3. The lowest BCUT2D eigenvalue weighted by Crippen LogP contribution is -1.96. The van der Waals surface area contributed by atoms with Gasteiger partial charge >= 0.3 is 5.97 Å². The van der Waals surface area contributed by atoms with Crippen molar-refractivity contribution in [3.63, 3.8) is 0 Å². The van der Waals surface area contributed by atoms with Crippen LogP contribution in [-0.2, 0) is 0 Å². The zero-order chi connectivity index (χ0) is 14.1. The third-order valence-corrected chi connectivity index (χ3v) is 3.08. The van der Waals surface area contributed by atoms with Gasteiger partial charge in [0.05, 0.1) is 22.3 Å². The van der Waals surface area contributed by atoms with Crippen LogP contribution >= 0.6 is 0 Å². The van der Waals surface area contributed by atoms with Crippen LogP contribution in [0.4, 0.5) is 0 Å². The van der Waals surface area contributed by atoms with E-state index in [0.29, 0.717) is 5.56 Å². The fourth-order valence-corrected chi connectivity index (χ4v) is 2.12. The lowest BCUT2D eigenvalue weighted by molar-refractivity contribution is 0.0697. The number of nitriles is 1. The quantitative estimate of drug-likeness (QED) is 0.770. The van der Waals surface area contributed by atoms with Crippen LogP contribution in [0.15, 0.2) is 48.7 Å². The van der Waals surface area contributed by atoms with Crippen LogP contribution in [0.25, 0.3) is 16.8 Å². The normalized spacial score (nSPS) is 10.3. The number of carboxylic acids is 1. The van der Waals surface area contributed by atoms with E-state index in [-0.39, 0.29) is 5.56 Å². The molecule has 0 saturated carbocycles. The monoisotopic (exact) mass is 263 g/mol. The van der Waals surface area contributed by atoms with Crippen LogP contribution in [0.5, 0.6) is 0 Å². The Labute approximate surface area is 114 Å². The smallest absolute Gasteiger partial charge is 0.335 e. The Kier molecular flexibility index (Phi) is 2.70. The van der Waals surface area contributed by atoms with E-state index < -0.39 is 5.97 Å². The van der Waals surface area contributed by atoms with E-state index in [1.165, 1.54) is 12.1 Å². The number of rotatable bonds is 2.